The minimum Gasteiger partial charge on any atom is -0.471 e. The van der Waals surface area contributed by atoms with Crippen LogP contribution in [0.1, 0.15) is 0 Å². The highest BCUT2D eigenvalue weighted by atomic mass is 79.9. The van der Waals surface area contributed by atoms with E-state index in [-0.39, 0.29) is 0 Å². The van der Waals surface area contributed by atoms with Crippen LogP contribution in [0.4, 0.5) is 5.69 Å². The molecule has 1 aliphatic rings. The first-order valence-electron chi connectivity index (χ1n) is 3.51. The Hall–Kier alpha value is -0.410. The second-order valence-electron chi connectivity index (χ2n) is 2.71. The predicted molar refractivity (Wildman–Crippen MR) is 53.1 cm³/mol. The summed E-state index contributed by atoms with van der Waals surface area (Å²) in [6.07, 6.45) is 0. The topological polar surface area (TPSA) is 12.5 Å². The van der Waals surface area contributed by atoms with Gasteiger partial charge in [-0.05, 0) is 12.1 Å². The van der Waals surface area contributed by atoms with Crippen molar-refractivity contribution in [2.45, 2.75) is 0 Å². The van der Waals surface area contributed by atoms with E-state index in [1.807, 2.05) is 24.1 Å². The molecule has 0 radical (unpaired) electrons. The highest BCUT2D eigenvalue weighted by molar-refractivity contribution is 9.10. The summed E-state index contributed by atoms with van der Waals surface area (Å²) in [7, 11) is 1.95. The number of hydrogen-bond donors (Lipinski definition) is 0. The molecule has 0 aromatic heterocycles. The van der Waals surface area contributed by atoms with Gasteiger partial charge < -0.3 is 9.64 Å². The Morgan fingerprint density at radius 3 is 3.08 bits per heavy atom. The smallest absolute Gasteiger partial charge is 0.161 e. The Balaban J connectivity index is 2.60. The molecule has 1 heterocycles. The van der Waals surface area contributed by atoms with Crippen LogP contribution in [0.3, 0.4) is 0 Å². The van der Waals surface area contributed by atoms with Crippen molar-refractivity contribution in [3.8, 4) is 5.75 Å². The lowest BCUT2D eigenvalue weighted by atomic mass is 10.3. The molecule has 2 rings (SSSR count). The molecule has 1 aromatic carbocycles. The molecule has 12 heavy (non-hydrogen) atoms. The van der Waals surface area contributed by atoms with Crippen molar-refractivity contribution in [2.24, 2.45) is 0 Å². The second kappa shape index (κ2) is 2.82. The third-order valence-electron chi connectivity index (χ3n) is 1.79. The molecule has 4 heteroatoms. The Kier molecular flexibility index (Phi) is 1.93. The van der Waals surface area contributed by atoms with Crippen LogP contribution in [-0.4, -0.2) is 13.8 Å². The van der Waals surface area contributed by atoms with Crippen molar-refractivity contribution in [3.63, 3.8) is 0 Å². The Labute approximate surface area is 84.2 Å². The average molecular weight is 249 g/mol. The van der Waals surface area contributed by atoms with E-state index >= 15 is 0 Å². The lowest BCUT2D eigenvalue weighted by Crippen LogP contribution is -2.15. The molecule has 1 aromatic rings. The molecular formula is C8H7BrClNO. The van der Waals surface area contributed by atoms with Crippen LogP contribution in [0.15, 0.2) is 16.6 Å². The minimum atomic E-state index is 0.575. The fourth-order valence-electron chi connectivity index (χ4n) is 1.25. The van der Waals surface area contributed by atoms with E-state index in [0.29, 0.717) is 6.73 Å². The SMILES string of the molecule is CN1COc2cc(Br)cc(Cl)c21. The fraction of sp³-hybridized carbons (Fsp3) is 0.250. The highest BCUT2D eigenvalue weighted by Gasteiger charge is 2.20. The monoisotopic (exact) mass is 247 g/mol. The van der Waals surface area contributed by atoms with Gasteiger partial charge in [0, 0.05) is 11.5 Å². The Morgan fingerprint density at radius 2 is 2.33 bits per heavy atom. The van der Waals surface area contributed by atoms with Crippen LogP contribution in [0.2, 0.25) is 5.02 Å². The molecule has 0 saturated heterocycles. The maximum absolute atomic E-state index is 6.02. The number of rotatable bonds is 0. The third-order valence-corrected chi connectivity index (χ3v) is 2.53. The van der Waals surface area contributed by atoms with Gasteiger partial charge in [0.1, 0.15) is 11.4 Å². The molecule has 2 nitrogen and oxygen atoms in total. The van der Waals surface area contributed by atoms with Gasteiger partial charge in [-0.25, -0.2) is 0 Å². The first-order chi connectivity index (χ1) is 5.68. The Morgan fingerprint density at radius 1 is 1.58 bits per heavy atom. The summed E-state index contributed by atoms with van der Waals surface area (Å²) in [5.41, 5.74) is 0.972. The Bertz CT molecular complexity index is 329. The number of anilines is 1. The van der Waals surface area contributed by atoms with Crippen molar-refractivity contribution < 1.29 is 4.74 Å². The predicted octanol–water partition coefficient (Wildman–Crippen LogP) is 2.89. The normalized spacial score (nSPS) is 14.4. The maximum Gasteiger partial charge on any atom is 0.161 e. The maximum atomic E-state index is 6.02. The van der Waals surface area contributed by atoms with Crippen molar-refractivity contribution >= 4 is 33.2 Å². The zero-order valence-electron chi connectivity index (χ0n) is 6.47. The number of fused-ring (bicyclic) bond motifs is 1. The summed E-state index contributed by atoms with van der Waals surface area (Å²) in [5, 5.41) is 0.722. The molecule has 0 atom stereocenters. The summed E-state index contributed by atoms with van der Waals surface area (Å²) in [4.78, 5) is 1.98. The minimum absolute atomic E-state index is 0.575. The standard InChI is InChI=1S/C8H7BrClNO/c1-11-4-12-7-3-5(9)2-6(10)8(7)11/h2-3H,4H2,1H3. The molecule has 0 bridgehead atoms. The molecule has 0 unspecified atom stereocenters. The highest BCUT2D eigenvalue weighted by Crippen LogP contribution is 2.41. The van der Waals surface area contributed by atoms with E-state index in [2.05, 4.69) is 15.9 Å². The van der Waals surface area contributed by atoms with E-state index in [1.54, 1.807) is 0 Å². The van der Waals surface area contributed by atoms with Gasteiger partial charge in [0.25, 0.3) is 0 Å². The third kappa shape index (κ3) is 1.17. The number of hydrogen-bond acceptors (Lipinski definition) is 2. The summed E-state index contributed by atoms with van der Waals surface area (Å²) in [5.74, 6) is 0.844. The van der Waals surface area contributed by atoms with Crippen LogP contribution in [0, 0.1) is 0 Å². The first-order valence-corrected chi connectivity index (χ1v) is 4.68. The molecule has 0 aliphatic carbocycles. The number of halogens is 2. The van der Waals surface area contributed by atoms with Crippen molar-refractivity contribution in [2.75, 3.05) is 18.7 Å². The van der Waals surface area contributed by atoms with Crippen molar-refractivity contribution in [1.82, 2.24) is 0 Å². The molecule has 1 aliphatic heterocycles. The molecule has 0 N–H and O–H groups in total. The molecule has 0 spiro atoms. The van der Waals surface area contributed by atoms with Crippen LogP contribution in [0.25, 0.3) is 0 Å². The van der Waals surface area contributed by atoms with Gasteiger partial charge in [0.05, 0.1) is 5.02 Å². The zero-order valence-corrected chi connectivity index (χ0v) is 8.82. The quantitative estimate of drug-likeness (QED) is 0.700. The van der Waals surface area contributed by atoms with Gasteiger partial charge in [0.15, 0.2) is 6.73 Å². The van der Waals surface area contributed by atoms with Gasteiger partial charge in [-0.2, -0.15) is 0 Å². The summed E-state index contributed by atoms with van der Waals surface area (Å²) < 4.78 is 6.33. The first kappa shape index (κ1) is 8.20. The van der Waals surface area contributed by atoms with Gasteiger partial charge >= 0.3 is 0 Å². The van der Waals surface area contributed by atoms with E-state index < -0.39 is 0 Å². The molecule has 0 saturated carbocycles. The van der Waals surface area contributed by atoms with Crippen LogP contribution in [0.5, 0.6) is 5.75 Å². The van der Waals surface area contributed by atoms with Crippen LogP contribution < -0.4 is 9.64 Å². The van der Waals surface area contributed by atoms with Gasteiger partial charge in [-0.3, -0.25) is 0 Å². The van der Waals surface area contributed by atoms with Gasteiger partial charge in [-0.15, -0.1) is 0 Å². The van der Waals surface area contributed by atoms with Crippen LogP contribution in [-0.2, 0) is 0 Å². The van der Waals surface area contributed by atoms with E-state index in [0.717, 1.165) is 20.9 Å². The van der Waals surface area contributed by atoms with E-state index in [4.69, 9.17) is 16.3 Å². The summed E-state index contributed by atoms with van der Waals surface area (Å²) in [6, 6.07) is 3.79. The average Bonchev–Trinajstić information content (AvgIpc) is 2.31. The number of nitrogens with zero attached hydrogens (tertiary/aromatic N) is 1. The van der Waals surface area contributed by atoms with Gasteiger partial charge in [0.2, 0.25) is 0 Å². The number of benzene rings is 1. The molecule has 64 valence electrons. The summed E-state index contributed by atoms with van der Waals surface area (Å²) in [6.45, 7) is 0.575. The lowest BCUT2D eigenvalue weighted by Gasteiger charge is -2.09. The van der Waals surface area contributed by atoms with E-state index in [1.165, 1.54) is 0 Å². The fourth-order valence-corrected chi connectivity index (χ4v) is 2.18. The van der Waals surface area contributed by atoms with E-state index in [9.17, 15) is 0 Å². The number of ether oxygens (including phenoxy) is 1. The van der Waals surface area contributed by atoms with Crippen molar-refractivity contribution in [3.05, 3.63) is 21.6 Å². The largest absolute Gasteiger partial charge is 0.471 e. The van der Waals surface area contributed by atoms with Crippen LogP contribution >= 0.6 is 27.5 Å². The van der Waals surface area contributed by atoms with Crippen molar-refractivity contribution in [1.29, 1.82) is 0 Å². The second-order valence-corrected chi connectivity index (χ2v) is 4.03. The summed E-state index contributed by atoms with van der Waals surface area (Å²) >= 11 is 9.37. The molecular weight excluding hydrogens is 241 g/mol. The lowest BCUT2D eigenvalue weighted by molar-refractivity contribution is 0.353. The molecule has 0 fully saturated rings. The zero-order chi connectivity index (χ0) is 8.72. The van der Waals surface area contributed by atoms with Gasteiger partial charge in [-0.1, -0.05) is 27.5 Å². The molecule has 0 amide bonds.